The highest BCUT2D eigenvalue weighted by Gasteiger charge is 2.12. The lowest BCUT2D eigenvalue weighted by Gasteiger charge is -2.13. The highest BCUT2D eigenvalue weighted by Crippen LogP contribution is 2.29. The first-order valence-electron chi connectivity index (χ1n) is 4.79. The van der Waals surface area contributed by atoms with E-state index < -0.39 is 0 Å². The topological polar surface area (TPSA) is 110 Å². The van der Waals surface area contributed by atoms with Crippen molar-refractivity contribution < 1.29 is 0 Å². The monoisotopic (exact) mass is 218 g/mol. The number of aromatic nitrogens is 2. The molecule has 0 atom stereocenters. The van der Waals surface area contributed by atoms with Crippen LogP contribution in [0.3, 0.4) is 0 Å². The smallest absolute Gasteiger partial charge is 0.172 e. The SMILES string of the molecule is C=CCN(N)c1n[nH]c2c(N)cc(N)cc12. The van der Waals surface area contributed by atoms with Gasteiger partial charge in [0.15, 0.2) is 5.82 Å². The molecule has 6 heteroatoms. The summed E-state index contributed by atoms with van der Waals surface area (Å²) in [6.45, 7) is 4.11. The number of hydrazine groups is 1. The Balaban J connectivity index is 2.59. The van der Waals surface area contributed by atoms with Gasteiger partial charge in [-0.15, -0.1) is 6.58 Å². The average molecular weight is 218 g/mol. The minimum atomic E-state index is 0.495. The Kier molecular flexibility index (Phi) is 2.41. The number of anilines is 3. The third-order valence-electron chi connectivity index (χ3n) is 2.30. The Hall–Kier alpha value is -2.21. The van der Waals surface area contributed by atoms with Crippen LogP contribution in [0.5, 0.6) is 0 Å². The number of rotatable bonds is 3. The van der Waals surface area contributed by atoms with E-state index in [4.69, 9.17) is 17.3 Å². The Morgan fingerprint density at radius 3 is 2.88 bits per heavy atom. The van der Waals surface area contributed by atoms with E-state index in [1.54, 1.807) is 18.2 Å². The van der Waals surface area contributed by atoms with E-state index in [1.807, 2.05) is 0 Å². The minimum Gasteiger partial charge on any atom is -0.399 e. The summed E-state index contributed by atoms with van der Waals surface area (Å²) in [6.07, 6.45) is 1.69. The van der Waals surface area contributed by atoms with Gasteiger partial charge in [0.1, 0.15) is 0 Å². The number of aromatic amines is 1. The van der Waals surface area contributed by atoms with Gasteiger partial charge in [-0.3, -0.25) is 10.1 Å². The van der Waals surface area contributed by atoms with Gasteiger partial charge in [0, 0.05) is 11.1 Å². The number of fused-ring (bicyclic) bond motifs is 1. The predicted octanol–water partition coefficient (Wildman–Crippen LogP) is 0.593. The quantitative estimate of drug-likeness (QED) is 0.261. The van der Waals surface area contributed by atoms with E-state index in [1.165, 1.54) is 5.01 Å². The molecule has 0 aliphatic heterocycles. The van der Waals surface area contributed by atoms with Gasteiger partial charge in [-0.05, 0) is 12.1 Å². The number of benzene rings is 1. The van der Waals surface area contributed by atoms with Crippen LogP contribution in [0.15, 0.2) is 24.8 Å². The molecule has 0 aliphatic carbocycles. The summed E-state index contributed by atoms with van der Waals surface area (Å²) in [6, 6.07) is 3.46. The second-order valence-electron chi connectivity index (χ2n) is 3.52. The number of nitrogens with zero attached hydrogens (tertiary/aromatic N) is 2. The summed E-state index contributed by atoms with van der Waals surface area (Å²) in [5.74, 6) is 6.42. The molecule has 6 nitrogen and oxygen atoms in total. The number of H-pyrrole nitrogens is 1. The summed E-state index contributed by atoms with van der Waals surface area (Å²) in [5.41, 5.74) is 13.4. The van der Waals surface area contributed by atoms with Gasteiger partial charge >= 0.3 is 0 Å². The molecule has 0 saturated heterocycles. The summed E-state index contributed by atoms with van der Waals surface area (Å²) in [7, 11) is 0. The molecule has 1 heterocycles. The molecule has 1 aromatic heterocycles. The van der Waals surface area contributed by atoms with Crippen LogP contribution in [0.1, 0.15) is 0 Å². The average Bonchev–Trinajstić information content (AvgIpc) is 2.61. The molecule has 0 amide bonds. The van der Waals surface area contributed by atoms with Crippen molar-refractivity contribution in [2.24, 2.45) is 5.84 Å². The summed E-state index contributed by atoms with van der Waals surface area (Å²) >= 11 is 0. The highest BCUT2D eigenvalue weighted by atomic mass is 15.4. The molecular weight excluding hydrogens is 204 g/mol. The van der Waals surface area contributed by atoms with Crippen LogP contribution in [0, 0.1) is 0 Å². The van der Waals surface area contributed by atoms with Crippen molar-refractivity contribution in [3.8, 4) is 0 Å². The molecule has 0 bridgehead atoms. The van der Waals surface area contributed by atoms with E-state index in [-0.39, 0.29) is 0 Å². The second kappa shape index (κ2) is 3.74. The van der Waals surface area contributed by atoms with Crippen LogP contribution in [0.2, 0.25) is 0 Å². The molecule has 16 heavy (non-hydrogen) atoms. The van der Waals surface area contributed by atoms with E-state index in [0.29, 0.717) is 23.7 Å². The van der Waals surface area contributed by atoms with Crippen molar-refractivity contribution in [3.05, 3.63) is 24.8 Å². The molecule has 7 N–H and O–H groups in total. The van der Waals surface area contributed by atoms with Gasteiger partial charge in [0.05, 0.1) is 17.7 Å². The fourth-order valence-corrected chi connectivity index (χ4v) is 1.60. The third kappa shape index (κ3) is 1.55. The molecule has 0 aliphatic rings. The summed E-state index contributed by atoms with van der Waals surface area (Å²) in [5, 5.41) is 9.23. The Morgan fingerprint density at radius 1 is 1.44 bits per heavy atom. The van der Waals surface area contributed by atoms with Gasteiger partial charge in [-0.1, -0.05) is 6.08 Å². The van der Waals surface area contributed by atoms with E-state index in [0.717, 1.165) is 10.9 Å². The largest absolute Gasteiger partial charge is 0.399 e. The van der Waals surface area contributed by atoms with Crippen LogP contribution in [0.25, 0.3) is 10.9 Å². The van der Waals surface area contributed by atoms with Gasteiger partial charge in [-0.2, -0.15) is 5.10 Å². The van der Waals surface area contributed by atoms with Crippen molar-refractivity contribution in [3.63, 3.8) is 0 Å². The summed E-state index contributed by atoms with van der Waals surface area (Å²) in [4.78, 5) is 0. The molecular formula is C10H14N6. The van der Waals surface area contributed by atoms with E-state index in [9.17, 15) is 0 Å². The van der Waals surface area contributed by atoms with Crippen LogP contribution >= 0.6 is 0 Å². The van der Waals surface area contributed by atoms with Crippen molar-refractivity contribution in [2.45, 2.75) is 0 Å². The molecule has 0 unspecified atom stereocenters. The van der Waals surface area contributed by atoms with E-state index in [2.05, 4.69) is 16.8 Å². The number of hydrogen-bond donors (Lipinski definition) is 4. The number of hydrogen-bond acceptors (Lipinski definition) is 5. The molecule has 0 saturated carbocycles. The molecule has 0 radical (unpaired) electrons. The Labute approximate surface area is 92.7 Å². The van der Waals surface area contributed by atoms with Gasteiger partial charge in [0.2, 0.25) is 0 Å². The predicted molar refractivity (Wildman–Crippen MR) is 66.6 cm³/mol. The maximum absolute atomic E-state index is 5.81. The number of nitrogen functional groups attached to an aromatic ring is 2. The molecule has 0 fully saturated rings. The zero-order valence-corrected chi connectivity index (χ0v) is 8.77. The molecule has 84 valence electrons. The molecule has 2 aromatic rings. The maximum Gasteiger partial charge on any atom is 0.172 e. The van der Waals surface area contributed by atoms with E-state index >= 15 is 0 Å². The van der Waals surface area contributed by atoms with Gasteiger partial charge < -0.3 is 11.5 Å². The zero-order valence-electron chi connectivity index (χ0n) is 8.77. The van der Waals surface area contributed by atoms with Crippen molar-refractivity contribution >= 4 is 28.1 Å². The zero-order chi connectivity index (χ0) is 11.7. The first-order chi connectivity index (χ1) is 7.63. The standard InChI is InChI=1S/C10H14N6/c1-2-3-16(13)10-7-4-6(11)5-8(12)9(7)14-15-10/h2,4-5H,1,3,11-13H2,(H,14,15). The maximum atomic E-state index is 5.81. The lowest BCUT2D eigenvalue weighted by molar-refractivity contribution is 0.903. The molecule has 0 spiro atoms. The highest BCUT2D eigenvalue weighted by molar-refractivity contribution is 5.99. The van der Waals surface area contributed by atoms with Crippen molar-refractivity contribution in [1.29, 1.82) is 0 Å². The van der Waals surface area contributed by atoms with Crippen LogP contribution in [-0.2, 0) is 0 Å². The first-order valence-corrected chi connectivity index (χ1v) is 4.79. The Morgan fingerprint density at radius 2 is 2.19 bits per heavy atom. The lowest BCUT2D eigenvalue weighted by atomic mass is 10.2. The molecule has 1 aromatic carbocycles. The lowest BCUT2D eigenvalue weighted by Crippen LogP contribution is -2.31. The van der Waals surface area contributed by atoms with Crippen LogP contribution in [0.4, 0.5) is 17.2 Å². The summed E-state index contributed by atoms with van der Waals surface area (Å²) < 4.78 is 0. The molecule has 2 rings (SSSR count). The third-order valence-corrected chi connectivity index (χ3v) is 2.30. The second-order valence-corrected chi connectivity index (χ2v) is 3.52. The van der Waals surface area contributed by atoms with Gasteiger partial charge in [-0.25, -0.2) is 5.84 Å². The number of nitrogens with one attached hydrogen (secondary N) is 1. The fraction of sp³-hybridized carbons (Fsp3) is 0.100. The minimum absolute atomic E-state index is 0.495. The normalized spacial score (nSPS) is 10.6. The Bertz CT molecular complexity index is 529. The number of nitrogens with two attached hydrogens (primary N) is 3. The van der Waals surface area contributed by atoms with Crippen molar-refractivity contribution in [1.82, 2.24) is 10.2 Å². The van der Waals surface area contributed by atoms with Crippen LogP contribution < -0.4 is 22.3 Å². The van der Waals surface area contributed by atoms with Crippen LogP contribution in [-0.4, -0.2) is 16.7 Å². The first kappa shape index (κ1) is 10.3. The van der Waals surface area contributed by atoms with Crippen molar-refractivity contribution in [2.75, 3.05) is 23.0 Å². The van der Waals surface area contributed by atoms with Gasteiger partial charge in [0.25, 0.3) is 0 Å². The fourth-order valence-electron chi connectivity index (χ4n) is 1.60.